The fourth-order valence-corrected chi connectivity index (χ4v) is 3.68. The van der Waals surface area contributed by atoms with Crippen LogP contribution in [0.4, 0.5) is 5.69 Å². The lowest BCUT2D eigenvalue weighted by molar-refractivity contribution is -0.763. The van der Waals surface area contributed by atoms with E-state index in [-0.39, 0.29) is 18.9 Å². The zero-order chi connectivity index (χ0) is 19.4. The number of carbonyl (C=O) groups excluding carboxylic acids is 1. The van der Waals surface area contributed by atoms with Crippen molar-refractivity contribution in [3.05, 3.63) is 60.8 Å². The molecule has 0 unspecified atom stereocenters. The van der Waals surface area contributed by atoms with Crippen LogP contribution in [-0.4, -0.2) is 34.9 Å². The van der Waals surface area contributed by atoms with Crippen LogP contribution in [0.25, 0.3) is 0 Å². The number of aryl methyl sites for hydroxylation is 1. The number of benzene rings is 1. The zero-order valence-electron chi connectivity index (χ0n) is 14.5. The van der Waals surface area contributed by atoms with E-state index in [1.54, 1.807) is 29.2 Å². The maximum atomic E-state index is 12.7. The molecule has 2 aromatic rings. The third-order valence-corrected chi connectivity index (χ3v) is 5.36. The molecule has 0 aliphatic carbocycles. The van der Waals surface area contributed by atoms with Crippen molar-refractivity contribution in [1.82, 2.24) is 4.90 Å². The highest BCUT2D eigenvalue weighted by Crippen LogP contribution is 2.32. The average Bonchev–Trinajstić information content (AvgIpc) is 3.23. The number of guanidine groups is 1. The summed E-state index contributed by atoms with van der Waals surface area (Å²) in [5.41, 5.74) is 3.24. The van der Waals surface area contributed by atoms with Crippen LogP contribution < -0.4 is 5.32 Å². The Morgan fingerprint density at radius 1 is 1.41 bits per heavy atom. The SMILES string of the molecule is Cc1csc(Cl)c1NC1=NCCN1C(=O)Cc1ccc(CO[N+](=O)[O-])cc1. The van der Waals surface area contributed by atoms with E-state index >= 15 is 0 Å². The Balaban J connectivity index is 1.62. The fraction of sp³-hybridized carbons (Fsp3) is 0.294. The molecule has 0 spiro atoms. The van der Waals surface area contributed by atoms with Crippen molar-refractivity contribution in [3.8, 4) is 0 Å². The van der Waals surface area contributed by atoms with Gasteiger partial charge in [0.25, 0.3) is 5.09 Å². The van der Waals surface area contributed by atoms with Crippen LogP contribution in [0.3, 0.4) is 0 Å². The number of amides is 1. The second-order valence-corrected chi connectivity index (χ2v) is 7.42. The number of anilines is 1. The minimum Gasteiger partial charge on any atom is -0.324 e. The second kappa shape index (κ2) is 8.36. The molecule has 0 radical (unpaired) electrons. The van der Waals surface area contributed by atoms with Crippen LogP contribution in [0.5, 0.6) is 0 Å². The van der Waals surface area contributed by atoms with E-state index in [4.69, 9.17) is 11.6 Å². The summed E-state index contributed by atoms with van der Waals surface area (Å²) >= 11 is 7.61. The summed E-state index contributed by atoms with van der Waals surface area (Å²) in [6.07, 6.45) is 0.202. The van der Waals surface area contributed by atoms with Gasteiger partial charge in [-0.2, -0.15) is 0 Å². The third kappa shape index (κ3) is 4.75. The molecule has 1 aromatic heterocycles. The van der Waals surface area contributed by atoms with Gasteiger partial charge in [0.05, 0.1) is 18.7 Å². The molecule has 1 aliphatic heterocycles. The third-order valence-electron chi connectivity index (χ3n) is 4.02. The predicted octanol–water partition coefficient (Wildman–Crippen LogP) is 3.27. The van der Waals surface area contributed by atoms with Crippen molar-refractivity contribution in [2.24, 2.45) is 4.99 Å². The Kier molecular flexibility index (Phi) is 5.92. The molecule has 1 amide bonds. The lowest BCUT2D eigenvalue weighted by Crippen LogP contribution is -2.39. The maximum absolute atomic E-state index is 12.7. The standard InChI is InChI=1S/C17H17ClN4O4S/c1-11-10-27-16(18)15(11)20-17-19-6-7-21(17)14(23)8-12-2-4-13(5-3-12)9-26-22(24)25/h2-5,10H,6-9H2,1H3,(H,19,20). The lowest BCUT2D eigenvalue weighted by Gasteiger charge is -2.19. The minimum absolute atomic E-state index is 0.0861. The molecule has 0 fully saturated rings. The summed E-state index contributed by atoms with van der Waals surface area (Å²) in [5, 5.41) is 14.5. The first-order valence-corrected chi connectivity index (χ1v) is 9.40. The van der Waals surface area contributed by atoms with Gasteiger partial charge in [-0.25, -0.2) is 0 Å². The fourth-order valence-electron chi connectivity index (χ4n) is 2.62. The number of nitrogens with zero attached hydrogens (tertiary/aromatic N) is 3. The zero-order valence-corrected chi connectivity index (χ0v) is 16.0. The molecule has 27 heavy (non-hydrogen) atoms. The molecule has 1 N–H and O–H groups in total. The first kappa shape index (κ1) is 19.1. The first-order chi connectivity index (χ1) is 12.9. The topological polar surface area (TPSA) is 97.1 Å². The van der Waals surface area contributed by atoms with Crippen LogP contribution in [-0.2, 0) is 22.7 Å². The van der Waals surface area contributed by atoms with E-state index in [9.17, 15) is 14.9 Å². The lowest BCUT2D eigenvalue weighted by atomic mass is 10.1. The van der Waals surface area contributed by atoms with Crippen LogP contribution in [0.1, 0.15) is 16.7 Å². The molecule has 1 aliphatic rings. The highest BCUT2D eigenvalue weighted by molar-refractivity contribution is 7.15. The number of hydrogen-bond acceptors (Lipinski definition) is 7. The Hall–Kier alpha value is -2.65. The Morgan fingerprint density at radius 2 is 2.11 bits per heavy atom. The van der Waals surface area contributed by atoms with Crippen molar-refractivity contribution < 1.29 is 14.7 Å². The van der Waals surface area contributed by atoms with Gasteiger partial charge in [0, 0.05) is 6.54 Å². The largest absolute Gasteiger partial charge is 0.324 e. The number of hydrogen-bond donors (Lipinski definition) is 1. The van der Waals surface area contributed by atoms with Gasteiger partial charge in [0.2, 0.25) is 11.9 Å². The van der Waals surface area contributed by atoms with Gasteiger partial charge in [-0.3, -0.25) is 14.7 Å². The van der Waals surface area contributed by atoms with Crippen LogP contribution in [0, 0.1) is 17.0 Å². The molecule has 8 nitrogen and oxygen atoms in total. The number of thiophene rings is 1. The van der Waals surface area contributed by atoms with Crippen LogP contribution in [0.2, 0.25) is 4.34 Å². The van der Waals surface area contributed by atoms with Crippen molar-refractivity contribution in [1.29, 1.82) is 0 Å². The van der Waals surface area contributed by atoms with Gasteiger partial charge in [-0.15, -0.1) is 21.5 Å². The first-order valence-electron chi connectivity index (χ1n) is 8.14. The van der Waals surface area contributed by atoms with Crippen LogP contribution in [0.15, 0.2) is 34.6 Å². The Labute approximate surface area is 164 Å². The van der Waals surface area contributed by atoms with E-state index in [0.717, 1.165) is 16.8 Å². The summed E-state index contributed by atoms with van der Waals surface area (Å²) in [7, 11) is 0. The summed E-state index contributed by atoms with van der Waals surface area (Å²) in [5.74, 6) is 0.413. The van der Waals surface area contributed by atoms with Gasteiger partial charge >= 0.3 is 0 Å². The minimum atomic E-state index is -0.833. The Morgan fingerprint density at radius 3 is 2.74 bits per heavy atom. The molecule has 0 saturated carbocycles. The normalized spacial score (nSPS) is 13.4. The van der Waals surface area contributed by atoms with Gasteiger partial charge < -0.3 is 10.2 Å². The molecule has 10 heteroatoms. The highest BCUT2D eigenvalue weighted by atomic mass is 35.5. The van der Waals surface area contributed by atoms with Gasteiger partial charge in [0.1, 0.15) is 10.9 Å². The van der Waals surface area contributed by atoms with Gasteiger partial charge in [-0.1, -0.05) is 35.9 Å². The molecule has 3 rings (SSSR count). The van der Waals surface area contributed by atoms with E-state index in [1.165, 1.54) is 11.3 Å². The van der Waals surface area contributed by atoms with E-state index in [1.807, 2.05) is 12.3 Å². The monoisotopic (exact) mass is 408 g/mol. The molecule has 2 heterocycles. The number of aliphatic imine (C=N–C) groups is 1. The van der Waals surface area contributed by atoms with Crippen molar-refractivity contribution in [2.75, 3.05) is 18.4 Å². The summed E-state index contributed by atoms with van der Waals surface area (Å²) in [6, 6.07) is 6.93. The van der Waals surface area contributed by atoms with Crippen molar-refractivity contribution in [2.45, 2.75) is 20.0 Å². The number of carbonyl (C=O) groups is 1. The molecule has 142 valence electrons. The van der Waals surface area contributed by atoms with Crippen molar-refractivity contribution in [3.63, 3.8) is 0 Å². The van der Waals surface area contributed by atoms with Crippen molar-refractivity contribution >= 4 is 40.5 Å². The quantitative estimate of drug-likeness (QED) is 0.584. The molecule has 0 bridgehead atoms. The van der Waals surface area contributed by atoms with Gasteiger partial charge in [-0.05, 0) is 29.0 Å². The molecule has 1 aromatic carbocycles. The predicted molar refractivity (Wildman–Crippen MR) is 104 cm³/mol. The summed E-state index contributed by atoms with van der Waals surface area (Å²) in [6.45, 7) is 2.87. The second-order valence-electron chi connectivity index (χ2n) is 5.93. The average molecular weight is 409 g/mol. The smallest absolute Gasteiger partial charge is 0.294 e. The molecular formula is C17H17ClN4O4S. The molecule has 0 saturated heterocycles. The number of rotatable bonds is 6. The Bertz CT molecular complexity index is 862. The highest BCUT2D eigenvalue weighted by Gasteiger charge is 2.25. The van der Waals surface area contributed by atoms with Crippen LogP contribution >= 0.6 is 22.9 Å². The summed E-state index contributed by atoms with van der Waals surface area (Å²) in [4.78, 5) is 33.2. The molecule has 0 atom stereocenters. The molecular weight excluding hydrogens is 392 g/mol. The number of nitrogens with one attached hydrogen (secondary N) is 1. The summed E-state index contributed by atoms with van der Waals surface area (Å²) < 4.78 is 0.627. The van der Waals surface area contributed by atoms with E-state index in [0.29, 0.717) is 28.9 Å². The van der Waals surface area contributed by atoms with E-state index in [2.05, 4.69) is 15.1 Å². The van der Waals surface area contributed by atoms with E-state index < -0.39 is 5.09 Å². The maximum Gasteiger partial charge on any atom is 0.294 e. The number of halogens is 1. The van der Waals surface area contributed by atoms with Gasteiger partial charge in [0.15, 0.2) is 0 Å².